The number of benzene rings is 2. The molecule has 2 atom stereocenters. The maximum Gasteiger partial charge on any atom is 0.136 e. The second-order valence-electron chi connectivity index (χ2n) is 8.16. The molecule has 1 aliphatic rings. The molecular formula is C22H29ClN2OS. The summed E-state index contributed by atoms with van der Waals surface area (Å²) in [6, 6.07) is 16.5. The summed E-state index contributed by atoms with van der Waals surface area (Å²) in [5.41, 5.74) is 3.53. The van der Waals surface area contributed by atoms with Crippen LogP contribution in [0.25, 0.3) is 11.1 Å². The van der Waals surface area contributed by atoms with Crippen LogP contribution < -0.4 is 10.0 Å². The van der Waals surface area contributed by atoms with Gasteiger partial charge in [0.05, 0.1) is 6.04 Å². The van der Waals surface area contributed by atoms with Crippen LogP contribution in [-0.4, -0.2) is 22.4 Å². The third kappa shape index (κ3) is 5.27. The molecule has 0 saturated carbocycles. The first-order valence-electron chi connectivity index (χ1n) is 9.60. The van der Waals surface area contributed by atoms with E-state index in [4.69, 9.17) is 11.6 Å². The highest BCUT2D eigenvalue weighted by Crippen LogP contribution is 2.37. The average molecular weight is 405 g/mol. The van der Waals surface area contributed by atoms with Gasteiger partial charge in [0, 0.05) is 16.4 Å². The largest absolute Gasteiger partial charge is 0.598 e. The van der Waals surface area contributed by atoms with E-state index >= 15 is 0 Å². The van der Waals surface area contributed by atoms with Gasteiger partial charge in [-0.15, -0.1) is 4.72 Å². The van der Waals surface area contributed by atoms with Gasteiger partial charge in [0.15, 0.2) is 0 Å². The van der Waals surface area contributed by atoms with Crippen LogP contribution >= 0.6 is 11.6 Å². The summed E-state index contributed by atoms with van der Waals surface area (Å²) in [6.07, 6.45) is 2.15. The second kappa shape index (κ2) is 8.97. The van der Waals surface area contributed by atoms with Gasteiger partial charge in [-0.3, -0.25) is 0 Å². The van der Waals surface area contributed by atoms with Crippen LogP contribution in [-0.2, 0) is 11.4 Å². The first-order chi connectivity index (χ1) is 12.9. The van der Waals surface area contributed by atoms with Crippen LogP contribution in [0, 0.1) is 5.92 Å². The van der Waals surface area contributed by atoms with Crippen molar-refractivity contribution in [1.29, 1.82) is 0 Å². The van der Waals surface area contributed by atoms with Gasteiger partial charge >= 0.3 is 0 Å². The molecule has 0 spiro atoms. The Labute approximate surface area is 171 Å². The zero-order valence-electron chi connectivity index (χ0n) is 16.3. The van der Waals surface area contributed by atoms with E-state index in [1.807, 2.05) is 32.9 Å². The normalized spacial score (nSPS) is 18.3. The fraction of sp³-hybridized carbons (Fsp3) is 0.455. The fourth-order valence-corrected chi connectivity index (χ4v) is 4.57. The zero-order chi connectivity index (χ0) is 19.4. The lowest BCUT2D eigenvalue weighted by Gasteiger charge is -2.35. The van der Waals surface area contributed by atoms with Crippen molar-refractivity contribution in [3.05, 3.63) is 59.1 Å². The molecule has 27 heavy (non-hydrogen) atoms. The van der Waals surface area contributed by atoms with Gasteiger partial charge in [-0.05, 0) is 81.4 Å². The topological polar surface area (TPSA) is 47.1 Å². The molecule has 1 heterocycles. The molecule has 146 valence electrons. The van der Waals surface area contributed by atoms with E-state index in [0.29, 0.717) is 5.92 Å². The lowest BCUT2D eigenvalue weighted by atomic mass is 9.83. The first-order valence-corrected chi connectivity index (χ1v) is 11.1. The Hall–Kier alpha value is -1.04. The molecule has 0 bridgehead atoms. The summed E-state index contributed by atoms with van der Waals surface area (Å²) >= 11 is 4.95. The molecule has 1 fully saturated rings. The lowest BCUT2D eigenvalue weighted by molar-refractivity contribution is 0.305. The van der Waals surface area contributed by atoms with E-state index in [-0.39, 0.29) is 10.8 Å². The number of halogens is 1. The molecule has 1 saturated heterocycles. The van der Waals surface area contributed by atoms with Crippen LogP contribution in [0.5, 0.6) is 0 Å². The Morgan fingerprint density at radius 3 is 2.33 bits per heavy atom. The molecule has 2 N–H and O–H groups in total. The van der Waals surface area contributed by atoms with Crippen molar-refractivity contribution >= 4 is 23.0 Å². The minimum absolute atomic E-state index is 0.0547. The van der Waals surface area contributed by atoms with Crippen LogP contribution in [0.2, 0.25) is 5.02 Å². The van der Waals surface area contributed by atoms with Gasteiger partial charge in [-0.25, -0.2) is 0 Å². The predicted molar refractivity (Wildman–Crippen MR) is 116 cm³/mol. The number of hydrogen-bond acceptors (Lipinski definition) is 3. The standard InChI is InChI=1S/C22H29ClN2OS/c1-22(2,3)27(26)25-21(17-12-14-24-15-13-17)20-7-5-4-6-19(20)16-8-10-18(23)11-9-16/h4-11,17,21,24-25H,12-15H2,1-3H3/t21-,27?/m1/s1. The molecule has 0 amide bonds. The third-order valence-electron chi connectivity index (χ3n) is 5.10. The Bertz CT molecular complexity index is 739. The second-order valence-corrected chi connectivity index (χ2v) is 10.6. The van der Waals surface area contributed by atoms with Gasteiger partial charge in [0.25, 0.3) is 0 Å². The van der Waals surface area contributed by atoms with E-state index in [2.05, 4.69) is 46.4 Å². The molecule has 3 nitrogen and oxygen atoms in total. The van der Waals surface area contributed by atoms with Crippen LogP contribution in [0.4, 0.5) is 0 Å². The van der Waals surface area contributed by atoms with Gasteiger partial charge in [0.2, 0.25) is 0 Å². The highest BCUT2D eigenvalue weighted by Gasteiger charge is 2.35. The summed E-state index contributed by atoms with van der Waals surface area (Å²) in [5, 5.41) is 4.17. The molecule has 0 aromatic heterocycles. The minimum Gasteiger partial charge on any atom is -0.598 e. The average Bonchev–Trinajstić information content (AvgIpc) is 2.66. The Morgan fingerprint density at radius 2 is 1.70 bits per heavy atom. The van der Waals surface area contributed by atoms with E-state index in [1.54, 1.807) is 0 Å². The van der Waals surface area contributed by atoms with Crippen molar-refractivity contribution < 1.29 is 4.55 Å². The molecule has 0 radical (unpaired) electrons. The number of nitrogens with one attached hydrogen (secondary N) is 2. The maximum atomic E-state index is 13.0. The van der Waals surface area contributed by atoms with Crippen molar-refractivity contribution in [2.75, 3.05) is 13.1 Å². The predicted octanol–water partition coefficient (Wildman–Crippen LogP) is 5.10. The van der Waals surface area contributed by atoms with Crippen molar-refractivity contribution in [3.63, 3.8) is 0 Å². The smallest absolute Gasteiger partial charge is 0.136 e. The molecule has 0 aliphatic carbocycles. The van der Waals surface area contributed by atoms with E-state index in [9.17, 15) is 4.55 Å². The van der Waals surface area contributed by atoms with E-state index in [0.717, 1.165) is 36.5 Å². The van der Waals surface area contributed by atoms with E-state index < -0.39 is 11.4 Å². The molecule has 5 heteroatoms. The first kappa shape index (κ1) is 20.7. The molecule has 2 aromatic carbocycles. The lowest BCUT2D eigenvalue weighted by Crippen LogP contribution is -2.45. The molecular weight excluding hydrogens is 376 g/mol. The fourth-order valence-electron chi connectivity index (χ4n) is 3.54. The van der Waals surface area contributed by atoms with Crippen LogP contribution in [0.15, 0.2) is 48.5 Å². The summed E-state index contributed by atoms with van der Waals surface area (Å²) < 4.78 is 16.1. The summed E-state index contributed by atoms with van der Waals surface area (Å²) in [5.74, 6) is 0.450. The molecule has 1 unspecified atom stereocenters. The summed E-state index contributed by atoms with van der Waals surface area (Å²) in [4.78, 5) is 0. The Morgan fingerprint density at radius 1 is 1.07 bits per heavy atom. The van der Waals surface area contributed by atoms with Gasteiger partial charge < -0.3 is 9.87 Å². The Balaban J connectivity index is 2.00. The number of hydrogen-bond donors (Lipinski definition) is 2. The zero-order valence-corrected chi connectivity index (χ0v) is 17.9. The summed E-state index contributed by atoms with van der Waals surface area (Å²) in [7, 11) is 0. The monoisotopic (exact) mass is 404 g/mol. The van der Waals surface area contributed by atoms with Crippen molar-refractivity contribution in [1.82, 2.24) is 10.0 Å². The SMILES string of the molecule is CC(C)(C)[S+]([O-])N[C@@H](c1ccccc1-c1ccc(Cl)cc1)C1CCNCC1. The third-order valence-corrected chi connectivity index (χ3v) is 6.93. The quantitative estimate of drug-likeness (QED) is 0.681. The number of piperidine rings is 1. The molecule has 1 aliphatic heterocycles. The van der Waals surface area contributed by atoms with Crippen molar-refractivity contribution in [3.8, 4) is 11.1 Å². The highest BCUT2D eigenvalue weighted by molar-refractivity contribution is 7.90. The highest BCUT2D eigenvalue weighted by atomic mass is 35.5. The van der Waals surface area contributed by atoms with Crippen LogP contribution in [0.3, 0.4) is 0 Å². The number of rotatable bonds is 5. The van der Waals surface area contributed by atoms with Crippen LogP contribution in [0.1, 0.15) is 45.2 Å². The molecule has 2 aromatic rings. The minimum atomic E-state index is -1.13. The Kier molecular flexibility index (Phi) is 6.88. The van der Waals surface area contributed by atoms with Crippen molar-refractivity contribution in [2.45, 2.75) is 44.4 Å². The summed E-state index contributed by atoms with van der Waals surface area (Å²) in [6.45, 7) is 8.06. The molecule has 3 rings (SSSR count). The van der Waals surface area contributed by atoms with Crippen molar-refractivity contribution in [2.24, 2.45) is 5.92 Å². The van der Waals surface area contributed by atoms with Gasteiger partial charge in [-0.2, -0.15) is 0 Å². The van der Waals surface area contributed by atoms with E-state index in [1.165, 1.54) is 11.1 Å². The van der Waals surface area contributed by atoms with Gasteiger partial charge in [0.1, 0.15) is 4.75 Å². The maximum absolute atomic E-state index is 13.0. The van der Waals surface area contributed by atoms with Gasteiger partial charge in [-0.1, -0.05) is 48.0 Å².